The number of hydrogen-bond donors (Lipinski definition) is 1. The van der Waals surface area contributed by atoms with Crippen LogP contribution < -0.4 is 5.32 Å². The molecule has 1 aromatic rings. The van der Waals surface area contributed by atoms with Gasteiger partial charge in [-0.15, -0.1) is 0 Å². The van der Waals surface area contributed by atoms with Crippen LogP contribution in [0.4, 0.5) is 13.6 Å². The molecule has 0 aromatic carbocycles. The Kier molecular flexibility index (Phi) is 9.06. The molecule has 31 heavy (non-hydrogen) atoms. The van der Waals surface area contributed by atoms with Gasteiger partial charge in [0.2, 0.25) is 0 Å². The summed E-state index contributed by atoms with van der Waals surface area (Å²) in [6.07, 6.45) is 4.17. The Bertz CT molecular complexity index is 724. The Labute approximate surface area is 183 Å². The molecule has 1 aromatic heterocycles. The van der Waals surface area contributed by atoms with Gasteiger partial charge >= 0.3 is 12.6 Å². The zero-order valence-electron chi connectivity index (χ0n) is 19.3. The van der Waals surface area contributed by atoms with Crippen molar-refractivity contribution in [1.82, 2.24) is 24.7 Å². The van der Waals surface area contributed by atoms with Crippen molar-refractivity contribution in [2.75, 3.05) is 32.7 Å². The van der Waals surface area contributed by atoms with Gasteiger partial charge in [-0.25, -0.2) is 14.8 Å². The molecule has 0 spiro atoms. The molecule has 1 aliphatic heterocycles. The summed E-state index contributed by atoms with van der Waals surface area (Å²) in [5.74, 6) is 1.31. The summed E-state index contributed by atoms with van der Waals surface area (Å²) in [4.78, 5) is 24.8. The van der Waals surface area contributed by atoms with Gasteiger partial charge in [-0.05, 0) is 53.4 Å². The molecule has 2 rings (SSSR count). The maximum atomic E-state index is 13.0. The van der Waals surface area contributed by atoms with Crippen LogP contribution in [0.2, 0.25) is 0 Å². The molecule has 0 aliphatic carbocycles. The molecule has 0 atom stereocenters. The molecule has 1 aliphatic rings. The Balaban J connectivity index is 1.93. The van der Waals surface area contributed by atoms with Gasteiger partial charge in [0.25, 0.3) is 0 Å². The van der Waals surface area contributed by atoms with Crippen LogP contribution in [0.5, 0.6) is 0 Å². The highest BCUT2D eigenvalue weighted by molar-refractivity contribution is 5.80. The first-order chi connectivity index (χ1) is 14.6. The molecule has 176 valence electrons. The second-order valence-electron chi connectivity index (χ2n) is 8.65. The average molecular weight is 443 g/mol. The van der Waals surface area contributed by atoms with Crippen molar-refractivity contribution < 1.29 is 18.3 Å². The van der Waals surface area contributed by atoms with Crippen LogP contribution in [-0.2, 0) is 11.3 Å². The summed E-state index contributed by atoms with van der Waals surface area (Å²) in [7, 11) is 0. The lowest BCUT2D eigenvalue weighted by Crippen LogP contribution is -2.47. The fourth-order valence-corrected chi connectivity index (χ4v) is 3.51. The molecule has 1 saturated heterocycles. The molecule has 2 heterocycles. The van der Waals surface area contributed by atoms with Gasteiger partial charge in [0, 0.05) is 45.1 Å². The monoisotopic (exact) mass is 442 g/mol. The smallest absolute Gasteiger partial charge is 0.410 e. The quantitative estimate of drug-likeness (QED) is 0.515. The molecule has 0 bridgehead atoms. The zero-order chi connectivity index (χ0) is 23.0. The lowest BCUT2D eigenvalue weighted by Gasteiger charge is -2.36. The van der Waals surface area contributed by atoms with Gasteiger partial charge in [-0.3, -0.25) is 4.57 Å². The third-order valence-corrected chi connectivity index (χ3v) is 5.09. The number of aromatic nitrogens is 2. The number of imidazole rings is 1. The van der Waals surface area contributed by atoms with Crippen LogP contribution in [0, 0.1) is 5.92 Å². The van der Waals surface area contributed by atoms with Gasteiger partial charge in [0.05, 0.1) is 0 Å². The third-order valence-electron chi connectivity index (χ3n) is 5.09. The van der Waals surface area contributed by atoms with Crippen molar-refractivity contribution in [3.05, 3.63) is 18.2 Å². The number of amides is 1. The number of piperidine rings is 1. The summed E-state index contributed by atoms with van der Waals surface area (Å²) < 4.78 is 32.4. The Morgan fingerprint density at radius 1 is 1.35 bits per heavy atom. The average Bonchev–Trinajstić information content (AvgIpc) is 3.17. The van der Waals surface area contributed by atoms with E-state index in [1.54, 1.807) is 4.90 Å². The number of nitrogens with one attached hydrogen (secondary N) is 1. The summed E-state index contributed by atoms with van der Waals surface area (Å²) in [5, 5.41) is 3.24. The topological polar surface area (TPSA) is 75.0 Å². The highest BCUT2D eigenvalue weighted by Gasteiger charge is 2.27. The number of carbonyl (C=O) groups is 1. The molecule has 1 N–H and O–H groups in total. The molecule has 0 unspecified atom stereocenters. The number of likely N-dealkylation sites (tertiary alicyclic amines) is 1. The van der Waals surface area contributed by atoms with Gasteiger partial charge in [-0.1, -0.05) is 0 Å². The molecule has 10 heteroatoms. The van der Waals surface area contributed by atoms with E-state index in [-0.39, 0.29) is 18.5 Å². The second kappa shape index (κ2) is 11.3. The molecule has 1 amide bonds. The maximum absolute atomic E-state index is 13.0. The third kappa shape index (κ3) is 7.66. The molecular formula is C21H36F2N6O2. The number of hydrogen-bond acceptors (Lipinski definition) is 4. The number of carbonyl (C=O) groups excluding carboxylic acids is 1. The molecule has 0 saturated carbocycles. The Morgan fingerprint density at radius 3 is 2.58 bits per heavy atom. The van der Waals surface area contributed by atoms with Crippen molar-refractivity contribution in [1.29, 1.82) is 0 Å². The SMILES string of the molecule is CCNC(=NCc1nccn1C(F)F)N1CCC(CN(CC)C(=O)OC(C)(C)C)CC1. The lowest BCUT2D eigenvalue weighted by molar-refractivity contribution is 0.0214. The van der Waals surface area contributed by atoms with E-state index in [0.717, 1.165) is 30.5 Å². The van der Waals surface area contributed by atoms with E-state index in [9.17, 15) is 13.6 Å². The predicted octanol–water partition coefficient (Wildman–Crippen LogP) is 3.71. The summed E-state index contributed by atoms with van der Waals surface area (Å²) in [5.41, 5.74) is -0.510. The number of aliphatic imine (C=N–C) groups is 1. The summed E-state index contributed by atoms with van der Waals surface area (Å²) in [6, 6.07) is 0. The number of nitrogens with zero attached hydrogens (tertiary/aromatic N) is 5. The van der Waals surface area contributed by atoms with Crippen LogP contribution in [0.3, 0.4) is 0 Å². The van der Waals surface area contributed by atoms with Crippen molar-refractivity contribution in [2.45, 2.75) is 66.2 Å². The molecular weight excluding hydrogens is 406 g/mol. The minimum atomic E-state index is -2.63. The number of alkyl halides is 2. The van der Waals surface area contributed by atoms with E-state index < -0.39 is 12.2 Å². The van der Waals surface area contributed by atoms with Crippen LogP contribution in [0.15, 0.2) is 17.4 Å². The minimum Gasteiger partial charge on any atom is -0.444 e. The predicted molar refractivity (Wildman–Crippen MR) is 116 cm³/mol. The van der Waals surface area contributed by atoms with E-state index in [4.69, 9.17) is 4.74 Å². The normalized spacial score (nSPS) is 16.0. The first kappa shape index (κ1) is 24.9. The number of guanidine groups is 1. The van der Waals surface area contributed by atoms with Crippen molar-refractivity contribution in [2.24, 2.45) is 10.9 Å². The standard InChI is InChI=1S/C21H36F2N6O2/c1-6-24-19(26-14-17-25-10-13-29(17)18(22)23)28-11-8-16(9-12-28)15-27(7-2)20(30)31-21(3,4)5/h10,13,16,18H,6-9,11-12,14-15H2,1-5H3,(H,24,26). The fraction of sp³-hybridized carbons (Fsp3) is 0.762. The van der Waals surface area contributed by atoms with E-state index in [1.807, 2.05) is 34.6 Å². The Hall–Kier alpha value is -2.39. The highest BCUT2D eigenvalue weighted by atomic mass is 19.3. The molecule has 8 nitrogen and oxygen atoms in total. The van der Waals surface area contributed by atoms with Crippen molar-refractivity contribution >= 4 is 12.1 Å². The van der Waals surface area contributed by atoms with Gasteiger partial charge in [0.15, 0.2) is 5.96 Å². The maximum Gasteiger partial charge on any atom is 0.410 e. The van der Waals surface area contributed by atoms with Gasteiger partial charge in [0.1, 0.15) is 18.0 Å². The van der Waals surface area contributed by atoms with Crippen molar-refractivity contribution in [3.63, 3.8) is 0 Å². The number of rotatable bonds is 7. The van der Waals surface area contributed by atoms with Gasteiger partial charge < -0.3 is 19.9 Å². The Morgan fingerprint density at radius 2 is 2.03 bits per heavy atom. The molecule has 0 radical (unpaired) electrons. The van der Waals surface area contributed by atoms with Crippen LogP contribution in [-0.4, -0.2) is 69.7 Å². The highest BCUT2D eigenvalue weighted by Crippen LogP contribution is 2.20. The van der Waals surface area contributed by atoms with Gasteiger partial charge in [-0.2, -0.15) is 8.78 Å². The second-order valence-corrected chi connectivity index (χ2v) is 8.65. The minimum absolute atomic E-state index is 0.0852. The van der Waals surface area contributed by atoms with E-state index in [0.29, 0.717) is 31.5 Å². The van der Waals surface area contributed by atoms with Crippen molar-refractivity contribution in [3.8, 4) is 0 Å². The van der Waals surface area contributed by atoms with E-state index in [2.05, 4.69) is 20.2 Å². The number of halogens is 2. The largest absolute Gasteiger partial charge is 0.444 e. The van der Waals surface area contributed by atoms with Crippen LogP contribution in [0.25, 0.3) is 0 Å². The summed E-state index contributed by atoms with van der Waals surface area (Å²) >= 11 is 0. The van der Waals surface area contributed by atoms with E-state index in [1.165, 1.54) is 12.4 Å². The van der Waals surface area contributed by atoms with Crippen LogP contribution in [0.1, 0.15) is 59.8 Å². The zero-order valence-corrected chi connectivity index (χ0v) is 19.3. The van der Waals surface area contributed by atoms with E-state index >= 15 is 0 Å². The summed E-state index contributed by atoms with van der Waals surface area (Å²) in [6.45, 7) is 10.5. The lowest BCUT2D eigenvalue weighted by atomic mass is 9.96. The molecule has 1 fully saturated rings. The number of ether oxygens (including phenoxy) is 1. The first-order valence-corrected chi connectivity index (χ1v) is 11.0. The first-order valence-electron chi connectivity index (χ1n) is 11.0. The van der Waals surface area contributed by atoms with Crippen LogP contribution >= 0.6 is 0 Å². The fourth-order valence-electron chi connectivity index (χ4n) is 3.51.